The fourth-order valence-corrected chi connectivity index (χ4v) is 5.96. The molecule has 0 saturated carbocycles. The van der Waals surface area contributed by atoms with Crippen LogP contribution in [-0.2, 0) is 19.6 Å². The van der Waals surface area contributed by atoms with Gasteiger partial charge in [-0.2, -0.15) is 0 Å². The second-order valence-corrected chi connectivity index (χ2v) is 11.0. The highest BCUT2D eigenvalue weighted by Crippen LogP contribution is 2.37. The fourth-order valence-electron chi connectivity index (χ4n) is 5.96. The molecule has 43 heavy (non-hydrogen) atoms. The highest BCUT2D eigenvalue weighted by Gasteiger charge is 2.28. The van der Waals surface area contributed by atoms with Crippen LogP contribution in [0.15, 0.2) is 103 Å². The van der Waals surface area contributed by atoms with Gasteiger partial charge in [-0.25, -0.2) is 0 Å². The number of carbonyl (C=O) groups is 2. The van der Waals surface area contributed by atoms with Gasteiger partial charge < -0.3 is 24.8 Å². The maximum Gasteiger partial charge on any atom is 0.262 e. The summed E-state index contributed by atoms with van der Waals surface area (Å²) in [7, 11) is 5.67. The average molecular weight is 571 g/mol. The van der Waals surface area contributed by atoms with E-state index in [1.54, 1.807) is 13.2 Å². The quantitative estimate of drug-likeness (QED) is 0.253. The molecule has 216 valence electrons. The summed E-state index contributed by atoms with van der Waals surface area (Å²) in [6.07, 6.45) is 0. The van der Waals surface area contributed by atoms with Gasteiger partial charge in [0.15, 0.2) is 0 Å². The first-order valence-electron chi connectivity index (χ1n) is 14.2. The molecule has 1 aliphatic rings. The first-order chi connectivity index (χ1) is 20.9. The number of anilines is 1. The summed E-state index contributed by atoms with van der Waals surface area (Å²) < 4.78 is 8.10. The Balaban J connectivity index is 1.41. The first-order valence-corrected chi connectivity index (χ1v) is 14.2. The van der Waals surface area contributed by atoms with Gasteiger partial charge in [0, 0.05) is 30.2 Å². The Labute approximate surface area is 251 Å². The van der Waals surface area contributed by atoms with Gasteiger partial charge >= 0.3 is 0 Å². The van der Waals surface area contributed by atoms with Crippen LogP contribution in [0.4, 0.5) is 5.69 Å². The molecule has 0 aliphatic carbocycles. The van der Waals surface area contributed by atoms with Crippen LogP contribution in [0.25, 0.3) is 22.3 Å². The summed E-state index contributed by atoms with van der Waals surface area (Å²) in [5, 5.41) is 0. The lowest BCUT2D eigenvalue weighted by Crippen LogP contribution is -2.31. The van der Waals surface area contributed by atoms with E-state index in [1.165, 1.54) is 5.69 Å². The zero-order valence-electron chi connectivity index (χ0n) is 24.6. The molecule has 5 aromatic rings. The Morgan fingerprint density at radius 1 is 0.814 bits per heavy atom. The zero-order chi connectivity index (χ0) is 30.1. The number of carbonyl (C=O) groups excluding carboxylic acids is 2. The number of hydrogen-bond acceptors (Lipinski definition) is 4. The van der Waals surface area contributed by atoms with E-state index in [0.717, 1.165) is 40.2 Å². The first kappa shape index (κ1) is 28.0. The van der Waals surface area contributed by atoms with Crippen LogP contribution >= 0.6 is 0 Å². The second-order valence-electron chi connectivity index (χ2n) is 11.0. The van der Waals surface area contributed by atoms with Crippen LogP contribution in [0, 0.1) is 0 Å². The predicted molar refractivity (Wildman–Crippen MR) is 170 cm³/mol. The number of amides is 2. The molecule has 4 aromatic carbocycles. The molecule has 0 bridgehead atoms. The summed E-state index contributed by atoms with van der Waals surface area (Å²) in [4.78, 5) is 31.0. The lowest BCUT2D eigenvalue weighted by atomic mass is 9.91. The van der Waals surface area contributed by atoms with Crippen LogP contribution in [0.1, 0.15) is 37.7 Å². The van der Waals surface area contributed by atoms with Crippen molar-refractivity contribution in [3.8, 4) is 28.0 Å². The molecule has 0 atom stereocenters. The van der Waals surface area contributed by atoms with Gasteiger partial charge in [0.2, 0.25) is 5.91 Å². The number of methoxy groups -OCH3 is 1. The lowest BCUT2D eigenvalue weighted by molar-refractivity contribution is 0.0978. The number of para-hydroxylation sites is 1. The van der Waals surface area contributed by atoms with Gasteiger partial charge in [-0.1, -0.05) is 72.8 Å². The summed E-state index contributed by atoms with van der Waals surface area (Å²) in [5.74, 6) is -0.257. The van der Waals surface area contributed by atoms with Crippen molar-refractivity contribution in [3.05, 3.63) is 131 Å². The van der Waals surface area contributed by atoms with E-state index < -0.39 is 5.91 Å². The van der Waals surface area contributed by atoms with Crippen LogP contribution in [-0.4, -0.2) is 42.5 Å². The van der Waals surface area contributed by atoms with Crippen molar-refractivity contribution in [2.24, 2.45) is 5.73 Å². The summed E-state index contributed by atoms with van der Waals surface area (Å²) in [5.41, 5.74) is 14.1. The summed E-state index contributed by atoms with van der Waals surface area (Å²) in [6, 6.07) is 33.1. The van der Waals surface area contributed by atoms with E-state index >= 15 is 0 Å². The number of nitrogens with zero attached hydrogens (tertiary/aromatic N) is 3. The van der Waals surface area contributed by atoms with Crippen molar-refractivity contribution < 1.29 is 14.3 Å². The third kappa shape index (κ3) is 5.31. The second kappa shape index (κ2) is 11.6. The Kier molecular flexibility index (Phi) is 7.57. The van der Waals surface area contributed by atoms with E-state index in [-0.39, 0.29) is 5.91 Å². The van der Waals surface area contributed by atoms with E-state index in [0.29, 0.717) is 35.5 Å². The van der Waals surface area contributed by atoms with Crippen LogP contribution in [0.5, 0.6) is 5.75 Å². The standard InChI is InChI=1S/C36H34N4O3/c1-38(2)22-27-17-18-28-23-40(32-15-8-7-12-26(32)21-39(27)28)36(42)31-19-16-25(20-33(31)43-3)30-14-9-13-29(34(30)35(37)41)24-10-5-4-6-11-24/h4-20H,21-23H2,1-3H3,(H2,37,41). The van der Waals surface area contributed by atoms with Gasteiger partial charge in [-0.15, -0.1) is 0 Å². The highest BCUT2D eigenvalue weighted by molar-refractivity contribution is 6.09. The SMILES string of the molecule is COc1cc(-c2cccc(-c3ccccc3)c2C(N)=O)ccc1C(=O)N1Cc2ccc(CN(C)C)n2Cc2ccccc21. The minimum absolute atomic E-state index is 0.159. The molecule has 7 nitrogen and oxygen atoms in total. The Morgan fingerprint density at radius 2 is 1.53 bits per heavy atom. The number of nitrogens with two attached hydrogens (primary N) is 1. The van der Waals surface area contributed by atoms with Crippen LogP contribution < -0.4 is 15.4 Å². The molecule has 7 heteroatoms. The molecule has 2 heterocycles. The largest absolute Gasteiger partial charge is 0.496 e. The number of aromatic nitrogens is 1. The summed E-state index contributed by atoms with van der Waals surface area (Å²) in [6.45, 7) is 1.93. The van der Waals surface area contributed by atoms with E-state index in [9.17, 15) is 9.59 Å². The lowest BCUT2D eigenvalue weighted by Gasteiger charge is -2.24. The van der Waals surface area contributed by atoms with E-state index in [2.05, 4.69) is 41.8 Å². The van der Waals surface area contributed by atoms with Crippen molar-refractivity contribution in [1.82, 2.24) is 9.47 Å². The third-order valence-corrected chi connectivity index (χ3v) is 7.95. The highest BCUT2D eigenvalue weighted by atomic mass is 16.5. The number of rotatable bonds is 7. The number of ether oxygens (including phenoxy) is 1. The van der Waals surface area contributed by atoms with Crippen molar-refractivity contribution in [2.75, 3.05) is 26.1 Å². The molecule has 1 aromatic heterocycles. The predicted octanol–water partition coefficient (Wildman–Crippen LogP) is 6.20. The maximum atomic E-state index is 14.3. The number of hydrogen-bond donors (Lipinski definition) is 1. The van der Waals surface area contributed by atoms with Crippen molar-refractivity contribution in [2.45, 2.75) is 19.6 Å². The number of fused-ring (bicyclic) bond motifs is 2. The molecule has 0 saturated heterocycles. The van der Waals surface area contributed by atoms with Crippen molar-refractivity contribution in [1.29, 1.82) is 0 Å². The summed E-state index contributed by atoms with van der Waals surface area (Å²) >= 11 is 0. The zero-order valence-corrected chi connectivity index (χ0v) is 24.6. The molecular weight excluding hydrogens is 536 g/mol. The smallest absolute Gasteiger partial charge is 0.262 e. The normalized spacial score (nSPS) is 12.4. The number of primary amides is 1. The Bertz CT molecular complexity index is 1820. The molecule has 2 amide bonds. The minimum atomic E-state index is -0.522. The molecule has 1 aliphatic heterocycles. The fraction of sp³-hybridized carbons (Fsp3) is 0.167. The van der Waals surface area contributed by atoms with Gasteiger partial charge in [0.25, 0.3) is 5.91 Å². The molecule has 0 unspecified atom stereocenters. The average Bonchev–Trinajstić information content (AvgIpc) is 3.29. The van der Waals surface area contributed by atoms with Gasteiger partial charge in [-0.05, 0) is 72.2 Å². The Morgan fingerprint density at radius 3 is 2.26 bits per heavy atom. The molecule has 0 fully saturated rings. The molecule has 6 rings (SSSR count). The molecule has 0 spiro atoms. The molecular formula is C36H34N4O3. The third-order valence-electron chi connectivity index (χ3n) is 7.95. The van der Waals surface area contributed by atoms with Crippen LogP contribution in [0.2, 0.25) is 0 Å². The van der Waals surface area contributed by atoms with Gasteiger partial charge in [0.05, 0.1) is 24.8 Å². The number of benzene rings is 4. The molecule has 2 N–H and O–H groups in total. The monoisotopic (exact) mass is 570 g/mol. The van der Waals surface area contributed by atoms with E-state index in [4.69, 9.17) is 10.5 Å². The van der Waals surface area contributed by atoms with Crippen molar-refractivity contribution >= 4 is 17.5 Å². The minimum Gasteiger partial charge on any atom is -0.496 e. The topological polar surface area (TPSA) is 80.8 Å². The van der Waals surface area contributed by atoms with Crippen molar-refractivity contribution in [3.63, 3.8) is 0 Å². The maximum absolute atomic E-state index is 14.3. The van der Waals surface area contributed by atoms with Gasteiger partial charge in [0.1, 0.15) is 5.75 Å². The Hall–Kier alpha value is -5.14. The molecule has 0 radical (unpaired) electrons. The van der Waals surface area contributed by atoms with Gasteiger partial charge in [-0.3, -0.25) is 9.59 Å². The van der Waals surface area contributed by atoms with Crippen LogP contribution in [0.3, 0.4) is 0 Å². The van der Waals surface area contributed by atoms with E-state index in [1.807, 2.05) is 83.8 Å².